The number of nitrogens with one attached hydrogen (secondary N) is 2. The van der Waals surface area contributed by atoms with Gasteiger partial charge in [0.2, 0.25) is 5.91 Å². The number of carbonyl (C=O) groups is 1. The topological polar surface area (TPSA) is 59.0 Å². The Morgan fingerprint density at radius 3 is 2.72 bits per heavy atom. The predicted octanol–water partition coefficient (Wildman–Crippen LogP) is 4.63. The zero-order valence-corrected chi connectivity index (χ0v) is 16.6. The van der Waals surface area contributed by atoms with Gasteiger partial charge in [-0.25, -0.2) is 0 Å². The van der Waals surface area contributed by atoms with E-state index >= 15 is 0 Å². The molecule has 8 heteroatoms. The maximum absolute atomic E-state index is 12.1. The summed E-state index contributed by atoms with van der Waals surface area (Å²) in [5.41, 5.74) is 3.61. The standard InChI is InChI=1S/C17H20Cl2N4OS/c1-4-5-20-15-11(18)6-10(7-12(15)19)16-14-9(2)22-23(3)17(14)21-13(24)8-25-16/h6-7,16,20H,4-5,8H2,1-3H3,(H,21,24). The van der Waals surface area contributed by atoms with Gasteiger partial charge >= 0.3 is 0 Å². The highest BCUT2D eigenvalue weighted by atomic mass is 35.5. The third kappa shape index (κ3) is 3.61. The summed E-state index contributed by atoms with van der Waals surface area (Å²) in [6.07, 6.45) is 0.985. The number of aromatic nitrogens is 2. The second-order valence-corrected chi connectivity index (χ2v) is 7.90. The zero-order chi connectivity index (χ0) is 18.1. The van der Waals surface area contributed by atoms with Crippen LogP contribution in [-0.4, -0.2) is 28.0 Å². The molecule has 2 N–H and O–H groups in total. The van der Waals surface area contributed by atoms with E-state index in [2.05, 4.69) is 22.7 Å². The molecule has 134 valence electrons. The molecular weight excluding hydrogens is 379 g/mol. The number of halogens is 2. The van der Waals surface area contributed by atoms with Crippen molar-refractivity contribution in [2.24, 2.45) is 7.05 Å². The quantitative estimate of drug-likeness (QED) is 0.787. The van der Waals surface area contributed by atoms with Crippen LogP contribution in [0.3, 0.4) is 0 Å². The van der Waals surface area contributed by atoms with Crippen LogP contribution >= 0.6 is 35.0 Å². The fraction of sp³-hybridized carbons (Fsp3) is 0.412. The number of hydrogen-bond acceptors (Lipinski definition) is 4. The van der Waals surface area contributed by atoms with Crippen molar-refractivity contribution in [2.45, 2.75) is 25.5 Å². The van der Waals surface area contributed by atoms with Crippen molar-refractivity contribution < 1.29 is 4.79 Å². The molecule has 1 aliphatic rings. The molecule has 1 unspecified atom stereocenters. The van der Waals surface area contributed by atoms with Gasteiger partial charge in [0.1, 0.15) is 5.82 Å². The van der Waals surface area contributed by atoms with Crippen molar-refractivity contribution in [3.8, 4) is 0 Å². The van der Waals surface area contributed by atoms with Crippen LogP contribution in [0.5, 0.6) is 0 Å². The van der Waals surface area contributed by atoms with Crippen molar-refractivity contribution >= 4 is 52.4 Å². The highest BCUT2D eigenvalue weighted by Crippen LogP contribution is 2.45. The van der Waals surface area contributed by atoms with Gasteiger partial charge in [0, 0.05) is 19.2 Å². The summed E-state index contributed by atoms with van der Waals surface area (Å²) in [7, 11) is 1.83. The van der Waals surface area contributed by atoms with Crippen molar-refractivity contribution in [1.82, 2.24) is 9.78 Å². The zero-order valence-electron chi connectivity index (χ0n) is 14.3. The molecule has 2 heterocycles. The lowest BCUT2D eigenvalue weighted by atomic mass is 10.0. The lowest BCUT2D eigenvalue weighted by Crippen LogP contribution is -2.15. The van der Waals surface area contributed by atoms with Gasteiger partial charge in [-0.1, -0.05) is 30.1 Å². The van der Waals surface area contributed by atoms with Crippen LogP contribution in [0.15, 0.2) is 12.1 Å². The summed E-state index contributed by atoms with van der Waals surface area (Å²) in [6, 6.07) is 3.85. The Bertz CT molecular complexity index is 798. The molecule has 0 bridgehead atoms. The Labute approximate surface area is 161 Å². The van der Waals surface area contributed by atoms with E-state index in [4.69, 9.17) is 23.2 Å². The van der Waals surface area contributed by atoms with E-state index in [1.54, 1.807) is 16.4 Å². The number of hydrogen-bond donors (Lipinski definition) is 2. The lowest BCUT2D eigenvalue weighted by Gasteiger charge is -2.18. The molecule has 0 radical (unpaired) electrons. The molecule has 0 saturated heterocycles. The highest BCUT2D eigenvalue weighted by Gasteiger charge is 2.30. The number of nitrogens with zero attached hydrogens (tertiary/aromatic N) is 2. The summed E-state index contributed by atoms with van der Waals surface area (Å²) in [4.78, 5) is 12.1. The van der Waals surface area contributed by atoms with Gasteiger partial charge in [-0.2, -0.15) is 5.10 Å². The molecule has 3 rings (SSSR count). The van der Waals surface area contributed by atoms with E-state index in [9.17, 15) is 4.79 Å². The highest BCUT2D eigenvalue weighted by molar-refractivity contribution is 8.00. The normalized spacial score (nSPS) is 17.0. The van der Waals surface area contributed by atoms with Crippen LogP contribution in [0.1, 0.15) is 35.4 Å². The molecule has 1 aromatic carbocycles. The van der Waals surface area contributed by atoms with Crippen LogP contribution in [0.4, 0.5) is 11.5 Å². The van der Waals surface area contributed by atoms with Crippen molar-refractivity contribution in [3.05, 3.63) is 39.0 Å². The van der Waals surface area contributed by atoms with Gasteiger partial charge in [0.15, 0.2) is 0 Å². The Hall–Kier alpha value is -1.37. The number of carbonyl (C=O) groups excluding carboxylic acids is 1. The molecule has 1 aromatic heterocycles. The van der Waals surface area contributed by atoms with E-state index in [-0.39, 0.29) is 11.2 Å². The minimum absolute atomic E-state index is 0.0322. The van der Waals surface area contributed by atoms with Crippen molar-refractivity contribution in [3.63, 3.8) is 0 Å². The summed E-state index contributed by atoms with van der Waals surface area (Å²) in [5.74, 6) is 1.07. The first kappa shape index (κ1) is 18.4. The predicted molar refractivity (Wildman–Crippen MR) is 106 cm³/mol. The molecule has 0 saturated carbocycles. The Morgan fingerprint density at radius 1 is 1.40 bits per heavy atom. The molecule has 2 aromatic rings. The van der Waals surface area contributed by atoms with Gasteiger partial charge in [-0.15, -0.1) is 11.8 Å². The van der Waals surface area contributed by atoms with Crippen LogP contribution in [0, 0.1) is 6.92 Å². The molecular formula is C17H20Cl2N4OS. The first-order chi connectivity index (χ1) is 11.9. The molecule has 25 heavy (non-hydrogen) atoms. The smallest absolute Gasteiger partial charge is 0.235 e. The third-order valence-electron chi connectivity index (χ3n) is 4.09. The van der Waals surface area contributed by atoms with Crippen molar-refractivity contribution in [2.75, 3.05) is 22.9 Å². The van der Waals surface area contributed by atoms with Gasteiger partial charge in [0.25, 0.3) is 0 Å². The van der Waals surface area contributed by atoms with Gasteiger partial charge < -0.3 is 10.6 Å². The van der Waals surface area contributed by atoms with Gasteiger partial charge in [-0.3, -0.25) is 9.48 Å². The maximum atomic E-state index is 12.1. The SMILES string of the molecule is CCCNc1c(Cl)cc(C2SCC(=O)Nc3c2c(C)nn3C)cc1Cl. The molecule has 0 fully saturated rings. The maximum Gasteiger partial charge on any atom is 0.235 e. The minimum atomic E-state index is -0.0575. The number of anilines is 2. The first-order valence-electron chi connectivity index (χ1n) is 8.10. The summed E-state index contributed by atoms with van der Waals surface area (Å²) >= 11 is 14.5. The van der Waals surface area contributed by atoms with Crippen LogP contribution in [0.2, 0.25) is 10.0 Å². The summed E-state index contributed by atoms with van der Waals surface area (Å²) < 4.78 is 1.71. The number of benzene rings is 1. The number of rotatable bonds is 4. The van der Waals surface area contributed by atoms with Crippen LogP contribution in [-0.2, 0) is 11.8 Å². The molecule has 1 aliphatic heterocycles. The number of fused-ring (bicyclic) bond motifs is 1. The number of amides is 1. The Kier molecular flexibility index (Phi) is 5.51. The monoisotopic (exact) mass is 398 g/mol. The number of thioether (sulfide) groups is 1. The molecule has 0 spiro atoms. The molecule has 5 nitrogen and oxygen atoms in total. The Morgan fingerprint density at radius 2 is 2.08 bits per heavy atom. The second kappa shape index (κ2) is 7.48. The van der Waals surface area contributed by atoms with E-state index < -0.39 is 0 Å². The minimum Gasteiger partial charge on any atom is -0.383 e. The fourth-order valence-corrected chi connectivity index (χ4v) is 4.78. The van der Waals surface area contributed by atoms with Gasteiger partial charge in [0.05, 0.1) is 32.4 Å². The summed E-state index contributed by atoms with van der Waals surface area (Å²) in [5, 5.41) is 11.8. The van der Waals surface area contributed by atoms with E-state index in [1.807, 2.05) is 26.1 Å². The second-order valence-electron chi connectivity index (χ2n) is 6.00. The van der Waals surface area contributed by atoms with E-state index in [0.717, 1.165) is 41.3 Å². The van der Waals surface area contributed by atoms with Gasteiger partial charge in [-0.05, 0) is 31.0 Å². The Balaban J connectivity index is 2.06. The number of aryl methyl sites for hydroxylation is 2. The van der Waals surface area contributed by atoms with Crippen LogP contribution in [0.25, 0.3) is 0 Å². The average molecular weight is 399 g/mol. The molecule has 0 aliphatic carbocycles. The van der Waals surface area contributed by atoms with E-state index in [0.29, 0.717) is 15.8 Å². The fourth-order valence-electron chi connectivity index (χ4n) is 2.97. The summed E-state index contributed by atoms with van der Waals surface area (Å²) in [6.45, 7) is 4.84. The average Bonchev–Trinajstić information content (AvgIpc) is 2.72. The third-order valence-corrected chi connectivity index (χ3v) is 5.95. The lowest BCUT2D eigenvalue weighted by molar-refractivity contribution is -0.113. The van der Waals surface area contributed by atoms with Crippen molar-refractivity contribution in [1.29, 1.82) is 0 Å². The molecule has 1 atom stereocenters. The van der Waals surface area contributed by atoms with Crippen LogP contribution < -0.4 is 10.6 Å². The first-order valence-corrected chi connectivity index (χ1v) is 9.90. The largest absolute Gasteiger partial charge is 0.383 e. The van der Waals surface area contributed by atoms with E-state index in [1.165, 1.54) is 0 Å². The molecule has 1 amide bonds.